The normalized spacial score (nSPS) is 61.8. The van der Waals surface area contributed by atoms with Crippen LogP contribution in [0.4, 0.5) is 0 Å². The Morgan fingerprint density at radius 2 is 1.69 bits per heavy atom. The van der Waals surface area contributed by atoms with E-state index in [0.29, 0.717) is 48.5 Å². The first-order chi connectivity index (χ1) is 15.0. The number of aliphatic hydroxyl groups is 2. The predicted molar refractivity (Wildman–Crippen MR) is 123 cm³/mol. The van der Waals surface area contributed by atoms with Crippen molar-refractivity contribution in [2.24, 2.45) is 46.3 Å². The molecule has 1 heterocycles. The summed E-state index contributed by atoms with van der Waals surface area (Å²) in [6.07, 6.45) is 10.5. The van der Waals surface area contributed by atoms with Crippen LogP contribution < -0.4 is 0 Å². The Morgan fingerprint density at radius 3 is 2.41 bits per heavy atom. The first kappa shape index (κ1) is 22.0. The van der Waals surface area contributed by atoms with E-state index >= 15 is 0 Å². The van der Waals surface area contributed by atoms with Crippen molar-refractivity contribution >= 4 is 5.78 Å². The second-order valence-electron chi connectivity index (χ2n) is 13.7. The zero-order chi connectivity index (χ0) is 22.7. The zero-order valence-corrected chi connectivity index (χ0v) is 20.6. The van der Waals surface area contributed by atoms with E-state index in [1.165, 1.54) is 32.1 Å². The maximum Gasteiger partial charge on any atom is 0.165 e. The maximum absolute atomic E-state index is 13.4. The Bertz CT molecular complexity index is 801. The van der Waals surface area contributed by atoms with Crippen molar-refractivity contribution in [1.29, 1.82) is 0 Å². The molecule has 2 N–H and O–H groups in total. The second-order valence-corrected chi connectivity index (χ2v) is 13.7. The molecule has 0 aromatic carbocycles. The van der Waals surface area contributed by atoms with E-state index in [4.69, 9.17) is 4.74 Å². The number of carbonyl (C=O) groups excluding carboxylic acids is 1. The number of rotatable bonds is 0. The minimum Gasteiger partial charge on any atom is -0.393 e. The van der Waals surface area contributed by atoms with Gasteiger partial charge >= 0.3 is 0 Å². The molecule has 4 heteroatoms. The monoisotopic (exact) mass is 444 g/mol. The number of Topliss-reactive ketones (excluding diaryl/α,β-unsaturated/α-hetero) is 1. The lowest BCUT2D eigenvalue weighted by atomic mass is 9.42. The van der Waals surface area contributed by atoms with E-state index in [1.807, 2.05) is 0 Å². The molecule has 9 unspecified atom stereocenters. The molecule has 0 amide bonds. The fourth-order valence-electron chi connectivity index (χ4n) is 10.6. The topological polar surface area (TPSA) is 66.8 Å². The minimum atomic E-state index is -1.33. The lowest BCUT2D eigenvalue weighted by Gasteiger charge is -2.63. The Hall–Kier alpha value is -0.450. The molecule has 32 heavy (non-hydrogen) atoms. The highest BCUT2D eigenvalue weighted by Gasteiger charge is 2.71. The van der Waals surface area contributed by atoms with Crippen LogP contribution in [-0.4, -0.2) is 39.4 Å². The summed E-state index contributed by atoms with van der Waals surface area (Å²) in [4.78, 5) is 13.4. The Balaban J connectivity index is 1.30. The van der Waals surface area contributed by atoms with Crippen LogP contribution >= 0.6 is 0 Å². The Labute approximate surface area is 193 Å². The Morgan fingerprint density at radius 1 is 0.969 bits per heavy atom. The highest BCUT2D eigenvalue weighted by atomic mass is 16.5. The second kappa shape index (κ2) is 6.82. The smallest absolute Gasteiger partial charge is 0.165 e. The molecule has 6 rings (SSSR count). The summed E-state index contributed by atoms with van der Waals surface area (Å²) in [7, 11) is 0. The lowest BCUT2D eigenvalue weighted by Crippen LogP contribution is -2.67. The number of hydrogen-bond acceptors (Lipinski definition) is 4. The predicted octanol–water partition coefficient (Wildman–Crippen LogP) is 4.89. The van der Waals surface area contributed by atoms with Crippen LogP contribution in [-0.2, 0) is 9.53 Å². The van der Waals surface area contributed by atoms with Crippen molar-refractivity contribution in [3.8, 4) is 0 Å². The van der Waals surface area contributed by atoms with Gasteiger partial charge in [-0.15, -0.1) is 0 Å². The first-order valence-corrected chi connectivity index (χ1v) is 13.7. The van der Waals surface area contributed by atoms with Crippen LogP contribution in [0.5, 0.6) is 0 Å². The minimum absolute atomic E-state index is 0.00742. The van der Waals surface area contributed by atoms with Crippen LogP contribution in [0.15, 0.2) is 0 Å². The summed E-state index contributed by atoms with van der Waals surface area (Å²) < 4.78 is 7.04. The standard InChI is InChI=1S/C28H44O4/c1-16-5-11-27(12-6-16)17(2)24-22(32-27)14-21-19-13-23(30)28(31)15-18(29)7-10-26(28,4)20(19)8-9-25(21,24)3/h16-22,24,29,31H,5-15H2,1-4H3/t16?,17?,18?,19?,20?,21?,22?,24?,25?,26?,27?,28-/m0/s1. The van der Waals surface area contributed by atoms with Crippen molar-refractivity contribution in [3.05, 3.63) is 0 Å². The van der Waals surface area contributed by atoms with E-state index in [-0.39, 0.29) is 23.2 Å². The van der Waals surface area contributed by atoms with Gasteiger partial charge in [0.15, 0.2) is 5.78 Å². The molecule has 180 valence electrons. The van der Waals surface area contributed by atoms with Crippen LogP contribution in [0, 0.1) is 46.3 Å². The van der Waals surface area contributed by atoms with Crippen LogP contribution in [0.1, 0.15) is 98.3 Å². The summed E-state index contributed by atoms with van der Waals surface area (Å²) in [5, 5.41) is 21.9. The van der Waals surface area contributed by atoms with Crippen molar-refractivity contribution < 1.29 is 19.7 Å². The average Bonchev–Trinajstić information content (AvgIpc) is 3.18. The molecule has 10 atom stereocenters. The highest BCUT2D eigenvalue weighted by Crippen LogP contribution is 2.71. The molecule has 1 spiro atoms. The van der Waals surface area contributed by atoms with Gasteiger partial charge in [-0.1, -0.05) is 27.7 Å². The molecule has 0 radical (unpaired) electrons. The number of fused-ring (bicyclic) bond motifs is 7. The number of ether oxygens (including phenoxy) is 1. The Kier molecular flexibility index (Phi) is 4.70. The van der Waals surface area contributed by atoms with E-state index in [9.17, 15) is 15.0 Å². The van der Waals surface area contributed by atoms with Crippen LogP contribution in [0.3, 0.4) is 0 Å². The van der Waals surface area contributed by atoms with E-state index in [2.05, 4.69) is 27.7 Å². The molecular formula is C28H44O4. The number of hydrogen-bond donors (Lipinski definition) is 2. The number of aliphatic hydroxyl groups excluding tert-OH is 1. The summed E-state index contributed by atoms with van der Waals surface area (Å²) in [5.74, 6) is 3.32. The molecule has 1 aliphatic heterocycles. The molecule has 0 aromatic rings. The van der Waals surface area contributed by atoms with Crippen molar-refractivity contribution in [1.82, 2.24) is 0 Å². The SMILES string of the molecule is CC1CCC2(CC1)OC1CC3C4CC(=O)[C@@]5(O)CC(O)CCC5(C)C4CCC3(C)C1C2C. The van der Waals surface area contributed by atoms with Crippen LogP contribution in [0.2, 0.25) is 0 Å². The molecule has 5 aliphatic carbocycles. The van der Waals surface area contributed by atoms with E-state index < -0.39 is 17.1 Å². The molecule has 6 aliphatic rings. The fourth-order valence-corrected chi connectivity index (χ4v) is 10.6. The van der Waals surface area contributed by atoms with Crippen molar-refractivity contribution in [3.63, 3.8) is 0 Å². The molecular weight excluding hydrogens is 400 g/mol. The zero-order valence-electron chi connectivity index (χ0n) is 20.6. The molecule has 4 nitrogen and oxygen atoms in total. The molecule has 6 fully saturated rings. The van der Waals surface area contributed by atoms with Crippen molar-refractivity contribution in [2.45, 2.75) is 122 Å². The van der Waals surface area contributed by atoms with Gasteiger partial charge in [-0.2, -0.15) is 0 Å². The molecule has 0 bridgehead atoms. The maximum atomic E-state index is 13.4. The third kappa shape index (κ3) is 2.58. The van der Waals surface area contributed by atoms with Gasteiger partial charge in [0.05, 0.1) is 17.8 Å². The third-order valence-corrected chi connectivity index (χ3v) is 12.6. The van der Waals surface area contributed by atoms with Gasteiger partial charge in [-0.05, 0) is 98.7 Å². The lowest BCUT2D eigenvalue weighted by molar-refractivity contribution is -0.214. The van der Waals surface area contributed by atoms with Gasteiger partial charge in [-0.3, -0.25) is 4.79 Å². The van der Waals surface area contributed by atoms with E-state index in [0.717, 1.165) is 25.2 Å². The van der Waals surface area contributed by atoms with Crippen molar-refractivity contribution in [2.75, 3.05) is 0 Å². The molecule has 0 aromatic heterocycles. The summed E-state index contributed by atoms with van der Waals surface area (Å²) in [5.41, 5.74) is -1.38. The summed E-state index contributed by atoms with van der Waals surface area (Å²) in [6, 6.07) is 0. The largest absolute Gasteiger partial charge is 0.393 e. The molecule has 5 saturated carbocycles. The van der Waals surface area contributed by atoms with Gasteiger partial charge in [0.2, 0.25) is 0 Å². The van der Waals surface area contributed by atoms with Gasteiger partial charge in [-0.25, -0.2) is 0 Å². The number of carbonyl (C=O) groups is 1. The quantitative estimate of drug-likeness (QED) is 0.558. The van der Waals surface area contributed by atoms with Gasteiger partial charge in [0.25, 0.3) is 0 Å². The number of ketones is 1. The van der Waals surface area contributed by atoms with Crippen LogP contribution in [0.25, 0.3) is 0 Å². The average molecular weight is 445 g/mol. The summed E-state index contributed by atoms with van der Waals surface area (Å²) in [6.45, 7) is 9.57. The fraction of sp³-hybridized carbons (Fsp3) is 0.964. The van der Waals surface area contributed by atoms with Gasteiger partial charge in [0, 0.05) is 18.3 Å². The third-order valence-electron chi connectivity index (χ3n) is 12.6. The van der Waals surface area contributed by atoms with Gasteiger partial charge in [0.1, 0.15) is 5.60 Å². The summed E-state index contributed by atoms with van der Waals surface area (Å²) >= 11 is 0. The highest BCUT2D eigenvalue weighted by molar-refractivity contribution is 5.89. The van der Waals surface area contributed by atoms with Gasteiger partial charge < -0.3 is 14.9 Å². The molecule has 1 saturated heterocycles. The first-order valence-electron chi connectivity index (χ1n) is 13.7. The van der Waals surface area contributed by atoms with E-state index in [1.54, 1.807) is 0 Å².